The van der Waals surface area contributed by atoms with Crippen molar-refractivity contribution < 1.29 is 4.79 Å². The van der Waals surface area contributed by atoms with Gasteiger partial charge in [0.1, 0.15) is 5.82 Å². The molecule has 0 aliphatic carbocycles. The van der Waals surface area contributed by atoms with Crippen molar-refractivity contribution in [2.45, 2.75) is 13.5 Å². The first kappa shape index (κ1) is 12.6. The molecule has 0 spiro atoms. The highest BCUT2D eigenvalue weighted by atomic mass is 79.9. The quantitative estimate of drug-likeness (QED) is 0.798. The second-order valence-electron chi connectivity index (χ2n) is 3.79. The predicted octanol–water partition coefficient (Wildman–Crippen LogP) is 1.39. The van der Waals surface area contributed by atoms with E-state index in [1.165, 1.54) is 0 Å². The van der Waals surface area contributed by atoms with E-state index in [1.807, 2.05) is 6.92 Å². The fraction of sp³-hybridized carbons (Fsp3) is 0.182. The molecule has 0 aliphatic heterocycles. The van der Waals surface area contributed by atoms with Gasteiger partial charge in [0.25, 0.3) is 5.91 Å². The van der Waals surface area contributed by atoms with Crippen LogP contribution in [0.15, 0.2) is 22.9 Å². The van der Waals surface area contributed by atoms with Crippen molar-refractivity contribution in [3.05, 3.63) is 39.8 Å². The Balaban J connectivity index is 2.08. The average molecular weight is 310 g/mol. The van der Waals surface area contributed by atoms with Crippen LogP contribution in [0.2, 0.25) is 0 Å². The molecular formula is C11H12BrN5O. The summed E-state index contributed by atoms with van der Waals surface area (Å²) in [5.41, 5.74) is 7.87. The summed E-state index contributed by atoms with van der Waals surface area (Å²) in [6, 6.07) is 1.64. The molecule has 2 rings (SSSR count). The number of hydrogen-bond donors (Lipinski definition) is 3. The second-order valence-corrected chi connectivity index (χ2v) is 4.70. The first-order valence-corrected chi connectivity index (χ1v) is 6.05. The molecule has 7 heteroatoms. The van der Waals surface area contributed by atoms with Gasteiger partial charge in [-0.25, -0.2) is 4.98 Å². The van der Waals surface area contributed by atoms with Crippen LogP contribution in [0.25, 0.3) is 0 Å². The van der Waals surface area contributed by atoms with Gasteiger partial charge in [-0.1, -0.05) is 0 Å². The number of aromatic nitrogens is 3. The van der Waals surface area contributed by atoms with Crippen LogP contribution in [-0.4, -0.2) is 21.1 Å². The lowest BCUT2D eigenvalue weighted by Gasteiger charge is -2.06. The van der Waals surface area contributed by atoms with Gasteiger partial charge in [0, 0.05) is 28.5 Å². The van der Waals surface area contributed by atoms with Gasteiger partial charge in [0.05, 0.1) is 11.8 Å². The van der Waals surface area contributed by atoms with Crippen molar-refractivity contribution in [1.29, 1.82) is 0 Å². The SMILES string of the molecule is Cc1[nH]ncc1CNC(=O)c1cc(Br)cnc1N. The maximum Gasteiger partial charge on any atom is 0.255 e. The molecule has 2 heterocycles. The zero-order chi connectivity index (χ0) is 13.1. The summed E-state index contributed by atoms with van der Waals surface area (Å²) in [6.45, 7) is 2.29. The number of carbonyl (C=O) groups is 1. The van der Waals surface area contributed by atoms with Gasteiger partial charge in [0.15, 0.2) is 0 Å². The van der Waals surface area contributed by atoms with Gasteiger partial charge in [-0.05, 0) is 28.9 Å². The summed E-state index contributed by atoms with van der Waals surface area (Å²) in [5.74, 6) is -0.0542. The minimum atomic E-state index is -0.262. The molecule has 0 unspecified atom stereocenters. The van der Waals surface area contributed by atoms with Gasteiger partial charge in [0.2, 0.25) is 0 Å². The van der Waals surface area contributed by atoms with E-state index < -0.39 is 0 Å². The van der Waals surface area contributed by atoms with Crippen LogP contribution in [0.5, 0.6) is 0 Å². The van der Waals surface area contributed by atoms with E-state index in [4.69, 9.17) is 5.73 Å². The zero-order valence-corrected chi connectivity index (χ0v) is 11.3. The van der Waals surface area contributed by atoms with E-state index in [1.54, 1.807) is 18.5 Å². The number of carbonyl (C=O) groups excluding carboxylic acids is 1. The van der Waals surface area contributed by atoms with E-state index in [-0.39, 0.29) is 11.7 Å². The number of nitrogen functional groups attached to an aromatic ring is 1. The molecule has 18 heavy (non-hydrogen) atoms. The molecule has 0 saturated carbocycles. The third kappa shape index (κ3) is 2.67. The number of H-pyrrole nitrogens is 1. The van der Waals surface area contributed by atoms with E-state index in [0.29, 0.717) is 16.6 Å². The monoisotopic (exact) mass is 309 g/mol. The van der Waals surface area contributed by atoms with Crippen molar-refractivity contribution in [1.82, 2.24) is 20.5 Å². The normalized spacial score (nSPS) is 10.3. The first-order chi connectivity index (χ1) is 8.58. The Morgan fingerprint density at radius 3 is 3.00 bits per heavy atom. The number of hydrogen-bond acceptors (Lipinski definition) is 4. The van der Waals surface area contributed by atoms with Gasteiger partial charge in [-0.15, -0.1) is 0 Å². The van der Waals surface area contributed by atoms with Crippen LogP contribution in [0.1, 0.15) is 21.6 Å². The van der Waals surface area contributed by atoms with Crippen LogP contribution < -0.4 is 11.1 Å². The number of pyridine rings is 1. The summed E-state index contributed by atoms with van der Waals surface area (Å²) in [7, 11) is 0. The topological polar surface area (TPSA) is 96.7 Å². The molecule has 4 N–H and O–H groups in total. The van der Waals surface area contributed by atoms with E-state index in [0.717, 1.165) is 11.3 Å². The number of halogens is 1. The van der Waals surface area contributed by atoms with Crippen molar-refractivity contribution in [3.8, 4) is 0 Å². The van der Waals surface area contributed by atoms with Crippen LogP contribution in [0.4, 0.5) is 5.82 Å². The lowest BCUT2D eigenvalue weighted by molar-refractivity contribution is 0.0951. The molecule has 0 saturated heterocycles. The van der Waals surface area contributed by atoms with Crippen molar-refractivity contribution in [3.63, 3.8) is 0 Å². The summed E-state index contributed by atoms with van der Waals surface area (Å²) in [5, 5.41) is 9.46. The Morgan fingerprint density at radius 1 is 1.56 bits per heavy atom. The smallest absolute Gasteiger partial charge is 0.255 e. The van der Waals surface area contributed by atoms with Crippen LogP contribution in [0, 0.1) is 6.92 Å². The van der Waals surface area contributed by atoms with E-state index >= 15 is 0 Å². The lowest BCUT2D eigenvalue weighted by Crippen LogP contribution is -2.24. The van der Waals surface area contributed by atoms with Crippen molar-refractivity contribution >= 4 is 27.7 Å². The molecule has 0 radical (unpaired) electrons. The minimum Gasteiger partial charge on any atom is -0.383 e. The van der Waals surface area contributed by atoms with E-state index in [9.17, 15) is 4.79 Å². The van der Waals surface area contributed by atoms with Gasteiger partial charge in [-0.3, -0.25) is 9.89 Å². The highest BCUT2D eigenvalue weighted by Gasteiger charge is 2.11. The third-order valence-electron chi connectivity index (χ3n) is 2.50. The maximum absolute atomic E-state index is 11.9. The van der Waals surface area contributed by atoms with Gasteiger partial charge in [-0.2, -0.15) is 5.10 Å². The number of amides is 1. The first-order valence-electron chi connectivity index (χ1n) is 5.26. The molecule has 2 aromatic heterocycles. The fourth-order valence-electron chi connectivity index (χ4n) is 1.46. The standard InChI is InChI=1S/C11H12BrN5O/c1-6-7(4-16-17-6)3-15-11(18)9-2-8(12)5-14-10(9)13/h2,4-5H,3H2,1H3,(H2,13,14)(H,15,18)(H,16,17). The number of aryl methyl sites for hydroxylation is 1. The molecule has 6 nitrogen and oxygen atoms in total. The molecule has 0 fully saturated rings. The van der Waals surface area contributed by atoms with Crippen LogP contribution in [0.3, 0.4) is 0 Å². The Kier molecular flexibility index (Phi) is 3.61. The average Bonchev–Trinajstić information content (AvgIpc) is 2.75. The molecule has 0 aromatic carbocycles. The largest absolute Gasteiger partial charge is 0.383 e. The Morgan fingerprint density at radius 2 is 2.33 bits per heavy atom. The highest BCUT2D eigenvalue weighted by Crippen LogP contribution is 2.15. The minimum absolute atomic E-state index is 0.208. The molecule has 94 valence electrons. The molecule has 1 amide bonds. The number of anilines is 1. The number of aromatic amines is 1. The van der Waals surface area contributed by atoms with E-state index in [2.05, 4.69) is 36.4 Å². The van der Waals surface area contributed by atoms with Crippen molar-refractivity contribution in [2.75, 3.05) is 5.73 Å². The van der Waals surface area contributed by atoms with Crippen molar-refractivity contribution in [2.24, 2.45) is 0 Å². The zero-order valence-electron chi connectivity index (χ0n) is 9.70. The lowest BCUT2D eigenvalue weighted by atomic mass is 10.2. The maximum atomic E-state index is 11.9. The predicted molar refractivity (Wildman–Crippen MR) is 70.8 cm³/mol. The summed E-state index contributed by atoms with van der Waals surface area (Å²) >= 11 is 3.25. The molecule has 0 aliphatic rings. The van der Waals surface area contributed by atoms with Gasteiger partial charge < -0.3 is 11.1 Å². The number of nitrogens with one attached hydrogen (secondary N) is 2. The Labute approximate surface area is 112 Å². The summed E-state index contributed by atoms with van der Waals surface area (Å²) < 4.78 is 0.710. The molecule has 2 aromatic rings. The fourth-order valence-corrected chi connectivity index (χ4v) is 1.79. The summed E-state index contributed by atoms with van der Waals surface area (Å²) in [4.78, 5) is 15.9. The Hall–Kier alpha value is -1.89. The van der Waals surface area contributed by atoms with Crippen LogP contribution >= 0.6 is 15.9 Å². The van der Waals surface area contributed by atoms with Gasteiger partial charge >= 0.3 is 0 Å². The summed E-state index contributed by atoms with van der Waals surface area (Å²) in [6.07, 6.45) is 3.23. The number of rotatable bonds is 3. The third-order valence-corrected chi connectivity index (χ3v) is 2.94. The second kappa shape index (κ2) is 5.18. The molecule has 0 bridgehead atoms. The molecule has 0 atom stereocenters. The number of nitrogens with two attached hydrogens (primary N) is 1. The Bertz CT molecular complexity index is 581. The highest BCUT2D eigenvalue weighted by molar-refractivity contribution is 9.10. The molecular weight excluding hydrogens is 298 g/mol. The number of nitrogens with zero attached hydrogens (tertiary/aromatic N) is 2. The van der Waals surface area contributed by atoms with Crippen LogP contribution in [-0.2, 0) is 6.54 Å².